The summed E-state index contributed by atoms with van der Waals surface area (Å²) in [5.74, 6) is 0.957. The zero-order valence-electron chi connectivity index (χ0n) is 10.7. The molecule has 0 amide bonds. The third-order valence-corrected chi connectivity index (χ3v) is 4.26. The third kappa shape index (κ3) is 3.74. The molecule has 1 saturated carbocycles. The first-order chi connectivity index (χ1) is 7.72. The van der Waals surface area contributed by atoms with E-state index in [0.717, 1.165) is 31.7 Å². The van der Waals surface area contributed by atoms with Gasteiger partial charge in [0.2, 0.25) is 0 Å². The Kier molecular flexibility index (Phi) is 4.26. The SMILES string of the molecule is CCCN1CCCC(O)(CCC2CC2)CC1. The van der Waals surface area contributed by atoms with Crippen LogP contribution in [0.4, 0.5) is 0 Å². The van der Waals surface area contributed by atoms with Crippen LogP contribution in [0.1, 0.15) is 58.3 Å². The first-order valence-corrected chi connectivity index (χ1v) is 7.16. The average molecular weight is 225 g/mol. The number of hydrogen-bond donors (Lipinski definition) is 1. The molecule has 1 saturated heterocycles. The second kappa shape index (κ2) is 5.50. The number of nitrogens with zero attached hydrogens (tertiary/aromatic N) is 1. The van der Waals surface area contributed by atoms with E-state index in [1.807, 2.05) is 0 Å². The normalized spacial score (nSPS) is 32.6. The maximum absolute atomic E-state index is 10.6. The highest BCUT2D eigenvalue weighted by Crippen LogP contribution is 2.37. The van der Waals surface area contributed by atoms with Crippen LogP contribution >= 0.6 is 0 Å². The maximum Gasteiger partial charge on any atom is 0.0660 e. The van der Waals surface area contributed by atoms with E-state index in [4.69, 9.17) is 0 Å². The van der Waals surface area contributed by atoms with Gasteiger partial charge in [0, 0.05) is 6.54 Å². The number of likely N-dealkylation sites (tertiary alicyclic amines) is 1. The summed E-state index contributed by atoms with van der Waals surface area (Å²) in [6.07, 6.45) is 9.60. The van der Waals surface area contributed by atoms with Crippen LogP contribution in [0.5, 0.6) is 0 Å². The van der Waals surface area contributed by atoms with Crippen molar-refractivity contribution in [3.8, 4) is 0 Å². The summed E-state index contributed by atoms with van der Waals surface area (Å²) in [6.45, 7) is 5.75. The molecule has 1 unspecified atom stereocenters. The van der Waals surface area contributed by atoms with E-state index < -0.39 is 0 Å². The van der Waals surface area contributed by atoms with Crippen molar-refractivity contribution in [1.82, 2.24) is 4.90 Å². The van der Waals surface area contributed by atoms with Crippen molar-refractivity contribution < 1.29 is 5.11 Å². The zero-order chi connectivity index (χ0) is 11.4. The number of aliphatic hydroxyl groups is 1. The molecule has 2 nitrogen and oxygen atoms in total. The second-order valence-electron chi connectivity index (χ2n) is 5.90. The highest BCUT2D eigenvalue weighted by atomic mass is 16.3. The highest BCUT2D eigenvalue weighted by molar-refractivity contribution is 4.86. The predicted octanol–water partition coefficient (Wildman–Crippen LogP) is 2.80. The minimum absolute atomic E-state index is 0.328. The van der Waals surface area contributed by atoms with Crippen LogP contribution in [0.3, 0.4) is 0 Å². The molecule has 16 heavy (non-hydrogen) atoms. The van der Waals surface area contributed by atoms with E-state index in [-0.39, 0.29) is 5.60 Å². The lowest BCUT2D eigenvalue weighted by Crippen LogP contribution is -2.31. The van der Waals surface area contributed by atoms with Crippen LogP contribution in [0.15, 0.2) is 0 Å². The fraction of sp³-hybridized carbons (Fsp3) is 1.00. The van der Waals surface area contributed by atoms with Gasteiger partial charge in [0.05, 0.1) is 5.60 Å². The van der Waals surface area contributed by atoms with Crippen LogP contribution in [0.2, 0.25) is 0 Å². The number of hydrogen-bond acceptors (Lipinski definition) is 2. The van der Waals surface area contributed by atoms with Gasteiger partial charge in [-0.05, 0) is 57.5 Å². The Morgan fingerprint density at radius 1 is 1.25 bits per heavy atom. The third-order valence-electron chi connectivity index (χ3n) is 4.26. The lowest BCUT2D eigenvalue weighted by atomic mass is 9.89. The fourth-order valence-corrected chi connectivity index (χ4v) is 2.90. The Bertz CT molecular complexity index is 215. The van der Waals surface area contributed by atoms with E-state index in [2.05, 4.69) is 11.8 Å². The smallest absolute Gasteiger partial charge is 0.0660 e. The topological polar surface area (TPSA) is 23.5 Å². The molecule has 1 atom stereocenters. The lowest BCUT2D eigenvalue weighted by molar-refractivity contribution is 0.0138. The van der Waals surface area contributed by atoms with Crippen molar-refractivity contribution in [2.24, 2.45) is 5.92 Å². The first kappa shape index (κ1) is 12.4. The summed E-state index contributed by atoms with van der Waals surface area (Å²) >= 11 is 0. The van der Waals surface area contributed by atoms with Gasteiger partial charge in [-0.25, -0.2) is 0 Å². The van der Waals surface area contributed by atoms with Crippen LogP contribution < -0.4 is 0 Å². The van der Waals surface area contributed by atoms with Crippen LogP contribution in [-0.4, -0.2) is 35.2 Å². The van der Waals surface area contributed by atoms with Crippen molar-refractivity contribution in [1.29, 1.82) is 0 Å². The molecule has 0 radical (unpaired) electrons. The molecule has 2 fully saturated rings. The van der Waals surface area contributed by atoms with Crippen LogP contribution in [0, 0.1) is 5.92 Å². The Hall–Kier alpha value is -0.0800. The molecule has 0 spiro atoms. The van der Waals surface area contributed by atoms with Crippen molar-refractivity contribution in [3.63, 3.8) is 0 Å². The summed E-state index contributed by atoms with van der Waals surface area (Å²) in [5, 5.41) is 10.6. The lowest BCUT2D eigenvalue weighted by Gasteiger charge is -2.27. The minimum atomic E-state index is -0.328. The molecular weight excluding hydrogens is 198 g/mol. The Balaban J connectivity index is 1.76. The summed E-state index contributed by atoms with van der Waals surface area (Å²) in [5.41, 5.74) is -0.328. The van der Waals surface area contributed by atoms with Gasteiger partial charge in [-0.1, -0.05) is 19.8 Å². The summed E-state index contributed by atoms with van der Waals surface area (Å²) in [6, 6.07) is 0. The Morgan fingerprint density at radius 3 is 2.75 bits per heavy atom. The molecule has 1 aliphatic carbocycles. The molecule has 2 rings (SSSR count). The van der Waals surface area contributed by atoms with Gasteiger partial charge in [0.25, 0.3) is 0 Å². The van der Waals surface area contributed by atoms with Gasteiger partial charge in [0.1, 0.15) is 0 Å². The summed E-state index contributed by atoms with van der Waals surface area (Å²) in [7, 11) is 0. The van der Waals surface area contributed by atoms with Gasteiger partial charge in [-0.15, -0.1) is 0 Å². The van der Waals surface area contributed by atoms with Crippen molar-refractivity contribution in [2.75, 3.05) is 19.6 Å². The molecule has 1 aliphatic heterocycles. The molecule has 0 aromatic heterocycles. The summed E-state index contributed by atoms with van der Waals surface area (Å²) < 4.78 is 0. The van der Waals surface area contributed by atoms with Crippen molar-refractivity contribution in [2.45, 2.75) is 63.9 Å². The highest BCUT2D eigenvalue weighted by Gasteiger charge is 2.32. The van der Waals surface area contributed by atoms with E-state index in [9.17, 15) is 5.11 Å². The van der Waals surface area contributed by atoms with Gasteiger partial charge in [-0.3, -0.25) is 0 Å². The second-order valence-corrected chi connectivity index (χ2v) is 5.90. The summed E-state index contributed by atoms with van der Waals surface area (Å²) in [4.78, 5) is 2.52. The van der Waals surface area contributed by atoms with Gasteiger partial charge >= 0.3 is 0 Å². The molecule has 0 aromatic carbocycles. The molecular formula is C14H27NO. The molecule has 2 heteroatoms. The fourth-order valence-electron chi connectivity index (χ4n) is 2.90. The molecule has 0 bridgehead atoms. The van der Waals surface area contributed by atoms with E-state index in [1.54, 1.807) is 0 Å². The Morgan fingerprint density at radius 2 is 2.06 bits per heavy atom. The zero-order valence-corrected chi connectivity index (χ0v) is 10.7. The monoisotopic (exact) mass is 225 g/mol. The Labute approximate surface area is 100 Å². The van der Waals surface area contributed by atoms with Crippen molar-refractivity contribution in [3.05, 3.63) is 0 Å². The largest absolute Gasteiger partial charge is 0.390 e. The molecule has 2 aliphatic rings. The molecule has 94 valence electrons. The molecule has 1 N–H and O–H groups in total. The van der Waals surface area contributed by atoms with E-state index in [1.165, 1.54) is 45.2 Å². The number of rotatable bonds is 5. The first-order valence-electron chi connectivity index (χ1n) is 7.16. The van der Waals surface area contributed by atoms with Crippen molar-refractivity contribution >= 4 is 0 Å². The van der Waals surface area contributed by atoms with Crippen LogP contribution in [-0.2, 0) is 0 Å². The van der Waals surface area contributed by atoms with Gasteiger partial charge in [-0.2, -0.15) is 0 Å². The molecule has 0 aromatic rings. The van der Waals surface area contributed by atoms with Gasteiger partial charge < -0.3 is 10.0 Å². The average Bonchev–Trinajstić information content (AvgIpc) is 3.06. The van der Waals surface area contributed by atoms with E-state index >= 15 is 0 Å². The minimum Gasteiger partial charge on any atom is -0.390 e. The molecule has 1 heterocycles. The predicted molar refractivity (Wildman–Crippen MR) is 67.5 cm³/mol. The van der Waals surface area contributed by atoms with Crippen LogP contribution in [0.25, 0.3) is 0 Å². The van der Waals surface area contributed by atoms with Gasteiger partial charge in [0.15, 0.2) is 0 Å². The van der Waals surface area contributed by atoms with E-state index in [0.29, 0.717) is 0 Å². The standard InChI is InChI=1S/C14H27NO/c1-2-10-15-11-3-7-14(16,9-12-15)8-6-13-4-5-13/h13,16H,2-12H2,1H3. The quantitative estimate of drug-likeness (QED) is 0.777. The maximum atomic E-state index is 10.6.